The highest BCUT2D eigenvalue weighted by atomic mass is 127. The van der Waals surface area contributed by atoms with E-state index in [4.69, 9.17) is 10.5 Å². The van der Waals surface area contributed by atoms with Gasteiger partial charge in [-0.1, -0.05) is 0 Å². The summed E-state index contributed by atoms with van der Waals surface area (Å²) in [5.41, 5.74) is 5.80. The Hall–Kier alpha value is 0.610. The third kappa shape index (κ3) is 1.44. The average molecular weight is 256 g/mol. The zero-order chi connectivity index (χ0) is 7.72. The van der Waals surface area contributed by atoms with E-state index in [1.165, 1.54) is 0 Å². The van der Waals surface area contributed by atoms with E-state index in [2.05, 4.69) is 32.9 Å². The molecule has 10 heavy (non-hydrogen) atoms. The van der Waals surface area contributed by atoms with E-state index in [-0.39, 0.29) is 12.1 Å². The van der Waals surface area contributed by atoms with Crippen molar-refractivity contribution in [3.8, 4) is 0 Å². The van der Waals surface area contributed by atoms with Gasteiger partial charge in [0.05, 0.1) is 6.10 Å². The molecule has 0 radical (unpaired) electrons. The van der Waals surface area contributed by atoms with E-state index in [1.54, 1.807) is 7.11 Å². The average Bonchev–Trinajstić information content (AvgIpc) is 2.09. The van der Waals surface area contributed by atoms with E-state index >= 15 is 0 Å². The van der Waals surface area contributed by atoms with Gasteiger partial charge in [-0.3, -0.25) is 0 Å². The summed E-state index contributed by atoms with van der Waals surface area (Å²) in [5.74, 6) is 0. The van der Waals surface area contributed by atoms with Crippen molar-refractivity contribution in [3.05, 3.63) is 0 Å². The Morgan fingerprint density at radius 2 is 2.30 bits per heavy atom. The molecule has 1 aliphatic rings. The Morgan fingerprint density at radius 3 is 2.50 bits per heavy atom. The Morgan fingerprint density at radius 1 is 1.70 bits per heavy atom. The number of methoxy groups -OCH3 is 1. The molecule has 0 aromatic carbocycles. The van der Waals surface area contributed by atoms with Gasteiger partial charge in [0.15, 0.2) is 0 Å². The summed E-state index contributed by atoms with van der Waals surface area (Å²) in [6, 6.07) is 0.623. The third-order valence-electron chi connectivity index (χ3n) is 2.00. The maximum Gasteiger partial charge on any atom is 0.0895 e. The van der Waals surface area contributed by atoms with E-state index in [1.807, 2.05) is 0 Å². The number of halogens is 1. The van der Waals surface area contributed by atoms with E-state index in [0.717, 1.165) is 6.54 Å². The molecule has 1 rings (SSSR count). The lowest BCUT2D eigenvalue weighted by Gasteiger charge is -2.18. The lowest BCUT2D eigenvalue weighted by atomic mass is 10.1. The number of hydrogen-bond acceptors (Lipinski definition) is 3. The third-order valence-corrected chi connectivity index (χ3v) is 3.27. The summed E-state index contributed by atoms with van der Waals surface area (Å²) in [7, 11) is 1.72. The first-order valence-electron chi connectivity index (χ1n) is 3.37. The van der Waals surface area contributed by atoms with Crippen LogP contribution in [0.4, 0.5) is 0 Å². The Balaban J connectivity index is 2.55. The van der Waals surface area contributed by atoms with Crippen LogP contribution in [0.15, 0.2) is 0 Å². The predicted molar refractivity (Wildman–Crippen MR) is 49.0 cm³/mol. The highest BCUT2D eigenvalue weighted by Crippen LogP contribution is 2.22. The van der Waals surface area contributed by atoms with E-state index < -0.39 is 0 Å². The molecule has 0 spiro atoms. The number of ether oxygens (including phenoxy) is 1. The van der Waals surface area contributed by atoms with Crippen LogP contribution >= 0.6 is 22.9 Å². The van der Waals surface area contributed by atoms with Crippen LogP contribution in [-0.2, 0) is 4.74 Å². The molecule has 1 heterocycles. The van der Waals surface area contributed by atoms with Gasteiger partial charge in [0.25, 0.3) is 0 Å². The molecular weight excluding hydrogens is 243 g/mol. The molecule has 3 unspecified atom stereocenters. The second-order valence-corrected chi connectivity index (χ2v) is 3.93. The van der Waals surface area contributed by atoms with Gasteiger partial charge in [0.2, 0.25) is 0 Å². The summed E-state index contributed by atoms with van der Waals surface area (Å²) >= 11 is 2.29. The molecule has 1 aliphatic heterocycles. The largest absolute Gasteiger partial charge is 0.378 e. The second kappa shape index (κ2) is 3.34. The van der Waals surface area contributed by atoms with Crippen molar-refractivity contribution < 1.29 is 4.74 Å². The van der Waals surface area contributed by atoms with Crippen molar-refractivity contribution in [2.45, 2.75) is 25.1 Å². The van der Waals surface area contributed by atoms with Gasteiger partial charge in [0.1, 0.15) is 0 Å². The number of hydrogen-bond donors (Lipinski definition) is 1. The van der Waals surface area contributed by atoms with Crippen LogP contribution in [0.25, 0.3) is 0 Å². The Kier molecular flexibility index (Phi) is 2.91. The number of nitrogens with zero attached hydrogens (tertiary/aromatic N) is 1. The van der Waals surface area contributed by atoms with Crippen molar-refractivity contribution in [2.24, 2.45) is 5.73 Å². The molecule has 3 atom stereocenters. The van der Waals surface area contributed by atoms with Crippen molar-refractivity contribution >= 4 is 22.9 Å². The molecule has 0 aromatic rings. The maximum atomic E-state index is 5.80. The fraction of sp³-hybridized carbons (Fsp3) is 1.00. The monoisotopic (exact) mass is 256 g/mol. The zero-order valence-corrected chi connectivity index (χ0v) is 8.41. The molecule has 0 saturated carbocycles. The van der Waals surface area contributed by atoms with Gasteiger partial charge in [-0.05, 0) is 6.92 Å². The van der Waals surface area contributed by atoms with Crippen molar-refractivity contribution in [2.75, 3.05) is 13.7 Å². The summed E-state index contributed by atoms with van der Waals surface area (Å²) < 4.78 is 7.43. The van der Waals surface area contributed by atoms with Gasteiger partial charge in [-0.25, -0.2) is 3.11 Å². The normalized spacial score (nSPS) is 42.6. The van der Waals surface area contributed by atoms with Crippen LogP contribution in [0.1, 0.15) is 6.92 Å². The van der Waals surface area contributed by atoms with Gasteiger partial charge >= 0.3 is 0 Å². The van der Waals surface area contributed by atoms with Crippen molar-refractivity contribution in [3.63, 3.8) is 0 Å². The van der Waals surface area contributed by atoms with Crippen LogP contribution in [0.2, 0.25) is 0 Å². The summed E-state index contributed by atoms with van der Waals surface area (Å²) in [5, 5.41) is 0. The standard InChI is InChI=1S/C6H13IN2O/c1-4-6(10-2)5(8)3-9(4)7/h4-6H,3,8H2,1-2H3. The second-order valence-electron chi connectivity index (χ2n) is 2.69. The molecule has 0 aliphatic carbocycles. The van der Waals surface area contributed by atoms with Crippen LogP contribution < -0.4 is 5.73 Å². The van der Waals surface area contributed by atoms with Crippen molar-refractivity contribution in [1.29, 1.82) is 0 Å². The molecule has 1 fully saturated rings. The summed E-state index contributed by atoms with van der Waals surface area (Å²) in [6.07, 6.45) is 0.205. The first-order valence-corrected chi connectivity index (χ1v) is 4.34. The lowest BCUT2D eigenvalue weighted by Crippen LogP contribution is -2.37. The molecule has 0 bridgehead atoms. The molecule has 60 valence electrons. The first-order chi connectivity index (χ1) is 4.66. The van der Waals surface area contributed by atoms with Crippen LogP contribution in [0, 0.1) is 0 Å². The molecule has 1 saturated heterocycles. The van der Waals surface area contributed by atoms with E-state index in [0.29, 0.717) is 6.04 Å². The minimum Gasteiger partial charge on any atom is -0.378 e. The Labute approximate surface area is 75.4 Å². The number of rotatable bonds is 1. The molecule has 0 amide bonds. The number of nitrogens with two attached hydrogens (primary N) is 1. The Bertz CT molecular complexity index is 122. The van der Waals surface area contributed by atoms with Crippen molar-refractivity contribution in [1.82, 2.24) is 3.11 Å². The molecule has 2 N–H and O–H groups in total. The predicted octanol–water partition coefficient (Wildman–Crippen LogP) is 0.383. The minimum atomic E-state index is 0.178. The molecule has 3 nitrogen and oxygen atoms in total. The molecular formula is C6H13IN2O. The highest BCUT2D eigenvalue weighted by Gasteiger charge is 2.35. The summed E-state index contributed by atoms with van der Waals surface area (Å²) in [4.78, 5) is 0. The van der Waals surface area contributed by atoms with Gasteiger partial charge in [0, 0.05) is 48.6 Å². The van der Waals surface area contributed by atoms with Crippen LogP contribution in [-0.4, -0.2) is 35.0 Å². The SMILES string of the molecule is COC1C(N)CN(I)C1C. The molecule has 4 heteroatoms. The maximum absolute atomic E-state index is 5.80. The smallest absolute Gasteiger partial charge is 0.0895 e. The minimum absolute atomic E-state index is 0.178. The highest BCUT2D eigenvalue weighted by molar-refractivity contribution is 14.1. The van der Waals surface area contributed by atoms with Gasteiger partial charge in [-0.15, -0.1) is 0 Å². The fourth-order valence-electron chi connectivity index (χ4n) is 1.36. The molecule has 0 aromatic heterocycles. The van der Waals surface area contributed by atoms with Crippen LogP contribution in [0.3, 0.4) is 0 Å². The quantitative estimate of drug-likeness (QED) is 0.544. The summed E-state index contributed by atoms with van der Waals surface area (Å²) in [6.45, 7) is 3.06. The van der Waals surface area contributed by atoms with Gasteiger partial charge < -0.3 is 10.5 Å². The fourth-order valence-corrected chi connectivity index (χ4v) is 2.13. The lowest BCUT2D eigenvalue weighted by molar-refractivity contribution is 0.0798. The van der Waals surface area contributed by atoms with E-state index in [9.17, 15) is 0 Å². The van der Waals surface area contributed by atoms with Crippen LogP contribution in [0.5, 0.6) is 0 Å². The topological polar surface area (TPSA) is 38.5 Å². The first kappa shape index (κ1) is 8.70. The van der Waals surface area contributed by atoms with Gasteiger partial charge in [-0.2, -0.15) is 0 Å². The zero-order valence-electron chi connectivity index (χ0n) is 6.25.